The third kappa shape index (κ3) is 7.59. The van der Waals surface area contributed by atoms with E-state index in [2.05, 4.69) is 53.0 Å². The predicted octanol–water partition coefficient (Wildman–Crippen LogP) is 1.83. The number of aliphatic imine (C=N–C) groups is 1. The Labute approximate surface area is 167 Å². The van der Waals surface area contributed by atoms with Crippen molar-refractivity contribution in [3.8, 4) is 0 Å². The summed E-state index contributed by atoms with van der Waals surface area (Å²) < 4.78 is 0. The molecule has 158 valence electrons. The first-order valence-electron chi connectivity index (χ1n) is 11.4. The standard InChI is InChI=1S/C21H44N6/c1-5-20-10-8-9-12-27(20)13-11-23-21(22-6-2)24-18-19(4)26-16-14-25(7-3)15-17-26/h19-20H,5-18H2,1-4H3,(H2,22,23,24). The van der Waals surface area contributed by atoms with Gasteiger partial charge in [0.1, 0.15) is 0 Å². The van der Waals surface area contributed by atoms with Crippen LogP contribution in [0.3, 0.4) is 0 Å². The quantitative estimate of drug-likeness (QED) is 0.472. The van der Waals surface area contributed by atoms with E-state index in [1.807, 2.05) is 0 Å². The van der Waals surface area contributed by atoms with Gasteiger partial charge >= 0.3 is 0 Å². The molecule has 0 radical (unpaired) electrons. The molecule has 27 heavy (non-hydrogen) atoms. The average Bonchev–Trinajstić information content (AvgIpc) is 2.72. The number of hydrogen-bond acceptors (Lipinski definition) is 4. The molecule has 0 bridgehead atoms. The van der Waals surface area contributed by atoms with Crippen molar-refractivity contribution in [1.82, 2.24) is 25.3 Å². The summed E-state index contributed by atoms with van der Waals surface area (Å²) in [6.45, 7) is 20.1. The molecule has 0 spiro atoms. The van der Waals surface area contributed by atoms with Crippen molar-refractivity contribution in [3.05, 3.63) is 0 Å². The lowest BCUT2D eigenvalue weighted by molar-refractivity contribution is 0.109. The van der Waals surface area contributed by atoms with E-state index >= 15 is 0 Å². The van der Waals surface area contributed by atoms with Gasteiger partial charge in [-0.2, -0.15) is 0 Å². The van der Waals surface area contributed by atoms with Crippen LogP contribution in [-0.4, -0.2) is 98.2 Å². The third-order valence-corrected chi connectivity index (χ3v) is 6.25. The van der Waals surface area contributed by atoms with Crippen LogP contribution >= 0.6 is 0 Å². The zero-order valence-electron chi connectivity index (χ0n) is 18.3. The van der Waals surface area contributed by atoms with Gasteiger partial charge in [0, 0.05) is 57.9 Å². The lowest BCUT2D eigenvalue weighted by atomic mass is 10.0. The number of likely N-dealkylation sites (tertiary alicyclic amines) is 1. The van der Waals surface area contributed by atoms with Crippen LogP contribution in [-0.2, 0) is 0 Å². The Bertz CT molecular complexity index is 419. The highest BCUT2D eigenvalue weighted by Gasteiger charge is 2.21. The third-order valence-electron chi connectivity index (χ3n) is 6.25. The molecule has 2 rings (SSSR count). The van der Waals surface area contributed by atoms with E-state index in [1.54, 1.807) is 0 Å². The molecule has 0 aromatic rings. The van der Waals surface area contributed by atoms with Crippen LogP contribution in [0.15, 0.2) is 4.99 Å². The Morgan fingerprint density at radius 1 is 1.04 bits per heavy atom. The second-order valence-electron chi connectivity index (χ2n) is 8.06. The van der Waals surface area contributed by atoms with Gasteiger partial charge in [-0.25, -0.2) is 0 Å². The van der Waals surface area contributed by atoms with Crippen LogP contribution in [0.25, 0.3) is 0 Å². The maximum atomic E-state index is 4.87. The predicted molar refractivity (Wildman–Crippen MR) is 117 cm³/mol. The second kappa shape index (κ2) is 12.6. The highest BCUT2D eigenvalue weighted by atomic mass is 15.3. The van der Waals surface area contributed by atoms with E-state index in [1.165, 1.54) is 65.0 Å². The minimum atomic E-state index is 0.506. The Balaban J connectivity index is 1.74. The molecule has 6 nitrogen and oxygen atoms in total. The first-order valence-corrected chi connectivity index (χ1v) is 11.4. The molecule has 2 aliphatic heterocycles. The molecular weight excluding hydrogens is 336 g/mol. The Morgan fingerprint density at radius 2 is 1.81 bits per heavy atom. The largest absolute Gasteiger partial charge is 0.357 e. The number of likely N-dealkylation sites (N-methyl/N-ethyl adjacent to an activating group) is 1. The summed E-state index contributed by atoms with van der Waals surface area (Å²) in [7, 11) is 0. The van der Waals surface area contributed by atoms with Gasteiger partial charge in [0.25, 0.3) is 0 Å². The van der Waals surface area contributed by atoms with Crippen molar-refractivity contribution in [2.75, 3.05) is 65.4 Å². The van der Waals surface area contributed by atoms with Gasteiger partial charge in [0.2, 0.25) is 0 Å². The van der Waals surface area contributed by atoms with Gasteiger partial charge in [-0.1, -0.05) is 20.3 Å². The molecule has 2 fully saturated rings. The van der Waals surface area contributed by atoms with Crippen molar-refractivity contribution in [3.63, 3.8) is 0 Å². The molecule has 2 atom stereocenters. The van der Waals surface area contributed by atoms with Crippen LogP contribution in [0, 0.1) is 0 Å². The molecule has 2 heterocycles. The Morgan fingerprint density at radius 3 is 2.48 bits per heavy atom. The zero-order chi connectivity index (χ0) is 19.5. The van der Waals surface area contributed by atoms with E-state index in [-0.39, 0.29) is 0 Å². The number of piperazine rings is 1. The number of guanidine groups is 1. The summed E-state index contributed by atoms with van der Waals surface area (Å²) in [4.78, 5) is 12.6. The minimum absolute atomic E-state index is 0.506. The van der Waals surface area contributed by atoms with Crippen LogP contribution in [0.1, 0.15) is 53.4 Å². The number of nitrogens with zero attached hydrogens (tertiary/aromatic N) is 4. The van der Waals surface area contributed by atoms with Crippen molar-refractivity contribution in [2.45, 2.75) is 65.5 Å². The molecule has 0 aromatic heterocycles. The van der Waals surface area contributed by atoms with Gasteiger partial charge < -0.3 is 15.5 Å². The fraction of sp³-hybridized carbons (Fsp3) is 0.952. The molecule has 0 aliphatic carbocycles. The van der Waals surface area contributed by atoms with E-state index < -0.39 is 0 Å². The van der Waals surface area contributed by atoms with Gasteiger partial charge in [0.15, 0.2) is 5.96 Å². The summed E-state index contributed by atoms with van der Waals surface area (Å²) >= 11 is 0. The average molecular weight is 381 g/mol. The molecular formula is C21H44N6. The van der Waals surface area contributed by atoms with Gasteiger partial charge in [-0.3, -0.25) is 14.8 Å². The van der Waals surface area contributed by atoms with Crippen molar-refractivity contribution in [2.24, 2.45) is 4.99 Å². The molecule has 6 heteroatoms. The van der Waals surface area contributed by atoms with Crippen molar-refractivity contribution in [1.29, 1.82) is 0 Å². The molecule has 2 unspecified atom stereocenters. The molecule has 2 aliphatic rings. The number of hydrogen-bond donors (Lipinski definition) is 2. The van der Waals surface area contributed by atoms with Gasteiger partial charge in [0.05, 0.1) is 6.54 Å². The topological polar surface area (TPSA) is 46.1 Å². The summed E-state index contributed by atoms with van der Waals surface area (Å²) in [5, 5.41) is 6.97. The first-order chi connectivity index (χ1) is 13.2. The lowest BCUT2D eigenvalue weighted by Crippen LogP contribution is -2.50. The van der Waals surface area contributed by atoms with E-state index in [0.29, 0.717) is 6.04 Å². The summed E-state index contributed by atoms with van der Waals surface area (Å²) in [6, 6.07) is 1.29. The lowest BCUT2D eigenvalue weighted by Gasteiger charge is -2.37. The molecule has 2 saturated heterocycles. The number of rotatable bonds is 9. The van der Waals surface area contributed by atoms with E-state index in [4.69, 9.17) is 4.99 Å². The number of nitrogens with one attached hydrogen (secondary N) is 2. The summed E-state index contributed by atoms with van der Waals surface area (Å²) in [5.74, 6) is 0.974. The Kier molecular flexibility index (Phi) is 10.5. The SMILES string of the molecule is CCNC(=NCC(C)N1CCN(CC)CC1)NCCN1CCCCC1CC. The van der Waals surface area contributed by atoms with Gasteiger partial charge in [-0.15, -0.1) is 0 Å². The van der Waals surface area contributed by atoms with E-state index in [9.17, 15) is 0 Å². The van der Waals surface area contributed by atoms with Crippen molar-refractivity contribution < 1.29 is 0 Å². The van der Waals surface area contributed by atoms with Crippen LogP contribution in [0.5, 0.6) is 0 Å². The number of piperidine rings is 1. The molecule has 0 saturated carbocycles. The highest BCUT2D eigenvalue weighted by Crippen LogP contribution is 2.18. The minimum Gasteiger partial charge on any atom is -0.357 e. The maximum Gasteiger partial charge on any atom is 0.191 e. The van der Waals surface area contributed by atoms with Gasteiger partial charge in [-0.05, 0) is 46.2 Å². The summed E-state index contributed by atoms with van der Waals surface area (Å²) in [6.07, 6.45) is 5.40. The molecule has 0 aromatic carbocycles. The van der Waals surface area contributed by atoms with Crippen LogP contribution < -0.4 is 10.6 Å². The second-order valence-corrected chi connectivity index (χ2v) is 8.06. The Hall–Kier alpha value is -0.850. The maximum absolute atomic E-state index is 4.87. The molecule has 0 amide bonds. The molecule has 2 N–H and O–H groups in total. The fourth-order valence-electron chi connectivity index (χ4n) is 4.34. The zero-order valence-corrected chi connectivity index (χ0v) is 18.3. The van der Waals surface area contributed by atoms with Crippen molar-refractivity contribution >= 4 is 5.96 Å². The monoisotopic (exact) mass is 380 g/mol. The fourth-order valence-corrected chi connectivity index (χ4v) is 4.34. The van der Waals surface area contributed by atoms with Crippen LogP contribution in [0.2, 0.25) is 0 Å². The highest BCUT2D eigenvalue weighted by molar-refractivity contribution is 5.79. The van der Waals surface area contributed by atoms with Crippen LogP contribution in [0.4, 0.5) is 0 Å². The smallest absolute Gasteiger partial charge is 0.191 e. The summed E-state index contributed by atoms with van der Waals surface area (Å²) in [5.41, 5.74) is 0. The normalized spacial score (nSPS) is 24.7. The first kappa shape index (κ1) is 22.4. The van der Waals surface area contributed by atoms with E-state index in [0.717, 1.165) is 38.2 Å².